The molecule has 3 nitrogen and oxygen atoms in total. The van der Waals surface area contributed by atoms with E-state index >= 15 is 0 Å². The minimum absolute atomic E-state index is 0.251. The van der Waals surface area contributed by atoms with Crippen LogP contribution >= 0.6 is 0 Å². The molecule has 0 spiro atoms. The maximum Gasteiger partial charge on any atom is 0.416 e. The van der Waals surface area contributed by atoms with E-state index in [0.717, 1.165) is 12.1 Å². The van der Waals surface area contributed by atoms with Gasteiger partial charge in [-0.1, -0.05) is 0 Å². The number of benzene rings is 1. The third kappa shape index (κ3) is 3.14. The minimum atomic E-state index is -4.32. The molecule has 0 radical (unpaired) electrons. The summed E-state index contributed by atoms with van der Waals surface area (Å²) in [5, 5.41) is 12.9. The Morgan fingerprint density at radius 3 is 2.44 bits per heavy atom. The van der Waals surface area contributed by atoms with Gasteiger partial charge in [0.15, 0.2) is 0 Å². The molecule has 0 bridgehead atoms. The third-order valence-corrected chi connectivity index (χ3v) is 2.92. The van der Waals surface area contributed by atoms with Crippen molar-refractivity contribution >= 4 is 5.69 Å². The van der Waals surface area contributed by atoms with Crippen molar-refractivity contribution < 1.29 is 23.0 Å². The van der Waals surface area contributed by atoms with E-state index in [1.165, 1.54) is 12.1 Å². The zero-order valence-corrected chi connectivity index (χ0v) is 9.63. The lowest BCUT2D eigenvalue weighted by molar-refractivity contribution is -0.137. The fraction of sp³-hybridized carbons (Fsp3) is 0.500. The standard InChI is InChI=1S/C12H14F3NO2/c13-12(14,15)9-1-3-10(4-2-9)16-7-11(17)5-6-18-8-11/h1-4,16-17H,5-8H2. The minimum Gasteiger partial charge on any atom is -0.386 e. The summed E-state index contributed by atoms with van der Waals surface area (Å²) in [6, 6.07) is 4.72. The van der Waals surface area contributed by atoms with Gasteiger partial charge in [0.25, 0.3) is 0 Å². The van der Waals surface area contributed by atoms with Gasteiger partial charge >= 0.3 is 6.18 Å². The summed E-state index contributed by atoms with van der Waals surface area (Å²) in [7, 11) is 0. The normalized spacial score (nSPS) is 24.2. The van der Waals surface area contributed by atoms with E-state index < -0.39 is 17.3 Å². The van der Waals surface area contributed by atoms with Crippen molar-refractivity contribution in [1.82, 2.24) is 0 Å². The second-order valence-electron chi connectivity index (χ2n) is 4.46. The van der Waals surface area contributed by atoms with E-state index in [-0.39, 0.29) is 13.2 Å². The predicted octanol–water partition coefficient (Wildman–Crippen LogP) is 2.27. The van der Waals surface area contributed by atoms with Gasteiger partial charge in [0.2, 0.25) is 0 Å². The first-order valence-corrected chi connectivity index (χ1v) is 5.60. The molecular formula is C12H14F3NO2. The molecule has 6 heteroatoms. The lowest BCUT2D eigenvalue weighted by atomic mass is 10.0. The van der Waals surface area contributed by atoms with Crippen molar-refractivity contribution in [3.05, 3.63) is 29.8 Å². The summed E-state index contributed by atoms with van der Waals surface area (Å²) in [5.41, 5.74) is -1.07. The maximum atomic E-state index is 12.3. The number of nitrogens with one attached hydrogen (secondary N) is 1. The first kappa shape index (κ1) is 13.2. The van der Waals surface area contributed by atoms with Crippen LogP contribution in [0.1, 0.15) is 12.0 Å². The maximum absolute atomic E-state index is 12.3. The molecule has 100 valence electrons. The van der Waals surface area contributed by atoms with Crippen LogP contribution in [0.3, 0.4) is 0 Å². The van der Waals surface area contributed by atoms with Gasteiger partial charge in [-0.15, -0.1) is 0 Å². The highest BCUT2D eigenvalue weighted by Gasteiger charge is 2.32. The number of rotatable bonds is 3. The van der Waals surface area contributed by atoms with Crippen LogP contribution in [0.25, 0.3) is 0 Å². The van der Waals surface area contributed by atoms with Crippen LogP contribution in [0.2, 0.25) is 0 Å². The number of ether oxygens (including phenoxy) is 1. The number of hydrogen-bond acceptors (Lipinski definition) is 3. The van der Waals surface area contributed by atoms with Crippen LogP contribution in [0.5, 0.6) is 0 Å². The Morgan fingerprint density at radius 1 is 1.28 bits per heavy atom. The summed E-state index contributed by atoms with van der Waals surface area (Å²) in [5.74, 6) is 0. The smallest absolute Gasteiger partial charge is 0.386 e. The van der Waals surface area contributed by atoms with Gasteiger partial charge in [-0.2, -0.15) is 13.2 Å². The van der Waals surface area contributed by atoms with Crippen LogP contribution in [0.4, 0.5) is 18.9 Å². The fourth-order valence-corrected chi connectivity index (χ4v) is 1.78. The Morgan fingerprint density at radius 2 is 1.94 bits per heavy atom. The quantitative estimate of drug-likeness (QED) is 0.877. The number of anilines is 1. The zero-order chi connectivity index (χ0) is 13.2. The molecule has 0 amide bonds. The molecule has 1 aliphatic rings. The molecule has 1 saturated heterocycles. The average Bonchev–Trinajstić information content (AvgIpc) is 2.74. The molecule has 0 saturated carbocycles. The lowest BCUT2D eigenvalue weighted by Gasteiger charge is -2.21. The molecule has 1 atom stereocenters. The largest absolute Gasteiger partial charge is 0.416 e. The van der Waals surface area contributed by atoms with Gasteiger partial charge in [-0.3, -0.25) is 0 Å². The lowest BCUT2D eigenvalue weighted by Crippen LogP contribution is -2.37. The molecule has 2 rings (SSSR count). The highest BCUT2D eigenvalue weighted by molar-refractivity contribution is 5.45. The van der Waals surface area contributed by atoms with Gasteiger partial charge in [0.05, 0.1) is 12.2 Å². The fourth-order valence-electron chi connectivity index (χ4n) is 1.78. The SMILES string of the molecule is OC1(CNc2ccc(C(F)(F)F)cc2)CCOC1. The van der Waals surface area contributed by atoms with Gasteiger partial charge < -0.3 is 15.2 Å². The van der Waals surface area contributed by atoms with E-state index in [2.05, 4.69) is 5.32 Å². The van der Waals surface area contributed by atoms with E-state index in [9.17, 15) is 18.3 Å². The van der Waals surface area contributed by atoms with Crippen LogP contribution < -0.4 is 5.32 Å². The Balaban J connectivity index is 1.94. The second kappa shape index (κ2) is 4.78. The number of halogens is 3. The molecule has 1 aliphatic heterocycles. The number of hydrogen-bond donors (Lipinski definition) is 2. The first-order chi connectivity index (χ1) is 8.39. The summed E-state index contributed by atoms with van der Waals surface area (Å²) in [6.07, 6.45) is -3.79. The third-order valence-electron chi connectivity index (χ3n) is 2.92. The Labute approximate surface area is 103 Å². The summed E-state index contributed by atoms with van der Waals surface area (Å²) >= 11 is 0. The molecule has 1 unspecified atom stereocenters. The second-order valence-corrected chi connectivity index (χ2v) is 4.46. The van der Waals surface area contributed by atoms with Crippen LogP contribution in [0, 0.1) is 0 Å². The van der Waals surface area contributed by atoms with Crippen molar-refractivity contribution in [2.45, 2.75) is 18.2 Å². The summed E-state index contributed by atoms with van der Waals surface area (Å²) < 4.78 is 42.1. The van der Waals surface area contributed by atoms with Gasteiger partial charge in [0, 0.05) is 25.3 Å². The van der Waals surface area contributed by atoms with Crippen molar-refractivity contribution in [2.24, 2.45) is 0 Å². The number of aliphatic hydroxyl groups is 1. The Bertz CT molecular complexity index is 397. The molecular weight excluding hydrogens is 247 g/mol. The van der Waals surface area contributed by atoms with Gasteiger partial charge in [-0.05, 0) is 24.3 Å². The Kier molecular flexibility index (Phi) is 3.49. The van der Waals surface area contributed by atoms with E-state index in [0.29, 0.717) is 18.7 Å². The Hall–Kier alpha value is -1.27. The van der Waals surface area contributed by atoms with Gasteiger partial charge in [-0.25, -0.2) is 0 Å². The van der Waals surface area contributed by atoms with Crippen molar-refractivity contribution in [3.63, 3.8) is 0 Å². The first-order valence-electron chi connectivity index (χ1n) is 5.60. The summed E-state index contributed by atoms with van der Waals surface area (Å²) in [4.78, 5) is 0. The molecule has 18 heavy (non-hydrogen) atoms. The molecule has 0 aliphatic carbocycles. The van der Waals surface area contributed by atoms with E-state index in [1.807, 2.05) is 0 Å². The van der Waals surface area contributed by atoms with Crippen molar-refractivity contribution in [2.75, 3.05) is 25.1 Å². The number of alkyl halides is 3. The molecule has 1 heterocycles. The molecule has 1 aromatic carbocycles. The van der Waals surface area contributed by atoms with E-state index in [4.69, 9.17) is 4.74 Å². The predicted molar refractivity (Wildman–Crippen MR) is 60.3 cm³/mol. The van der Waals surface area contributed by atoms with Crippen LogP contribution in [0.15, 0.2) is 24.3 Å². The molecule has 0 aromatic heterocycles. The molecule has 2 N–H and O–H groups in total. The van der Waals surface area contributed by atoms with Gasteiger partial charge in [0.1, 0.15) is 5.60 Å². The average molecular weight is 261 g/mol. The van der Waals surface area contributed by atoms with E-state index in [1.54, 1.807) is 0 Å². The highest BCUT2D eigenvalue weighted by atomic mass is 19.4. The summed E-state index contributed by atoms with van der Waals surface area (Å²) in [6.45, 7) is 1.02. The van der Waals surface area contributed by atoms with Crippen LogP contribution in [-0.4, -0.2) is 30.5 Å². The zero-order valence-electron chi connectivity index (χ0n) is 9.63. The van der Waals surface area contributed by atoms with Crippen LogP contribution in [-0.2, 0) is 10.9 Å². The monoisotopic (exact) mass is 261 g/mol. The van der Waals surface area contributed by atoms with Crippen molar-refractivity contribution in [1.29, 1.82) is 0 Å². The molecule has 1 aromatic rings. The van der Waals surface area contributed by atoms with Crippen molar-refractivity contribution in [3.8, 4) is 0 Å². The topological polar surface area (TPSA) is 41.5 Å². The highest BCUT2D eigenvalue weighted by Crippen LogP contribution is 2.30. The molecule has 1 fully saturated rings.